The second-order valence-electron chi connectivity index (χ2n) is 3.76. The van der Waals surface area contributed by atoms with Gasteiger partial charge in [-0.15, -0.1) is 0 Å². The maximum absolute atomic E-state index is 13.7. The van der Waals surface area contributed by atoms with Crippen molar-refractivity contribution >= 4 is 11.6 Å². The standard InChI is InChI=1S/C13H10F2N2O/c1-8-3-2-4-10(12(8)15)17-13(18)9-5-6-11(14)16-7-9/h2-7H,1H3,(H,17,18). The third kappa shape index (κ3) is 2.51. The first-order valence-electron chi connectivity index (χ1n) is 5.26. The van der Waals surface area contributed by atoms with E-state index >= 15 is 0 Å². The SMILES string of the molecule is Cc1cccc(NC(=O)c2ccc(F)nc2)c1F. The number of aromatic nitrogens is 1. The number of anilines is 1. The van der Waals surface area contributed by atoms with Crippen molar-refractivity contribution in [1.29, 1.82) is 0 Å². The van der Waals surface area contributed by atoms with Crippen LogP contribution in [0.4, 0.5) is 14.5 Å². The average Bonchev–Trinajstić information content (AvgIpc) is 2.36. The summed E-state index contributed by atoms with van der Waals surface area (Å²) in [6, 6.07) is 7.05. The molecule has 5 heteroatoms. The van der Waals surface area contributed by atoms with Crippen LogP contribution in [0.3, 0.4) is 0 Å². The molecule has 0 spiro atoms. The molecule has 0 fully saturated rings. The predicted molar refractivity (Wildman–Crippen MR) is 63.3 cm³/mol. The number of benzene rings is 1. The molecule has 1 aromatic carbocycles. The Morgan fingerprint density at radius 2 is 2.00 bits per heavy atom. The highest BCUT2D eigenvalue weighted by molar-refractivity contribution is 6.04. The first-order valence-corrected chi connectivity index (χ1v) is 5.26. The number of pyridine rings is 1. The van der Waals surface area contributed by atoms with Gasteiger partial charge in [0.1, 0.15) is 5.82 Å². The molecule has 1 N–H and O–H groups in total. The first-order chi connectivity index (χ1) is 8.58. The van der Waals surface area contributed by atoms with Crippen LogP contribution in [0.1, 0.15) is 15.9 Å². The quantitative estimate of drug-likeness (QED) is 0.830. The lowest BCUT2D eigenvalue weighted by atomic mass is 10.2. The van der Waals surface area contributed by atoms with Gasteiger partial charge in [0.2, 0.25) is 5.95 Å². The lowest BCUT2D eigenvalue weighted by molar-refractivity contribution is 0.102. The molecule has 0 radical (unpaired) electrons. The molecule has 0 unspecified atom stereocenters. The lowest BCUT2D eigenvalue weighted by Crippen LogP contribution is -2.13. The maximum Gasteiger partial charge on any atom is 0.257 e. The molecule has 0 bridgehead atoms. The Morgan fingerprint density at radius 1 is 1.22 bits per heavy atom. The van der Waals surface area contributed by atoms with E-state index in [0.29, 0.717) is 5.56 Å². The number of aryl methyl sites for hydroxylation is 1. The first kappa shape index (κ1) is 12.2. The maximum atomic E-state index is 13.7. The van der Waals surface area contributed by atoms with E-state index in [-0.39, 0.29) is 11.3 Å². The van der Waals surface area contributed by atoms with E-state index in [9.17, 15) is 13.6 Å². The fourth-order valence-electron chi connectivity index (χ4n) is 1.45. The van der Waals surface area contributed by atoms with Crippen molar-refractivity contribution in [2.45, 2.75) is 6.92 Å². The number of hydrogen-bond acceptors (Lipinski definition) is 2. The van der Waals surface area contributed by atoms with E-state index in [4.69, 9.17) is 0 Å². The number of carbonyl (C=O) groups is 1. The Hall–Kier alpha value is -2.30. The fourth-order valence-corrected chi connectivity index (χ4v) is 1.45. The highest BCUT2D eigenvalue weighted by Crippen LogP contribution is 2.17. The number of amides is 1. The molecule has 18 heavy (non-hydrogen) atoms. The van der Waals surface area contributed by atoms with Crippen molar-refractivity contribution in [1.82, 2.24) is 4.98 Å². The molecule has 2 rings (SSSR count). The van der Waals surface area contributed by atoms with Crippen molar-refractivity contribution < 1.29 is 13.6 Å². The topological polar surface area (TPSA) is 42.0 Å². The molecule has 0 saturated heterocycles. The van der Waals surface area contributed by atoms with Crippen molar-refractivity contribution in [2.24, 2.45) is 0 Å². The number of carbonyl (C=O) groups excluding carboxylic acids is 1. The molecule has 0 aliphatic rings. The van der Waals surface area contributed by atoms with Gasteiger partial charge in [0, 0.05) is 6.20 Å². The van der Waals surface area contributed by atoms with Crippen LogP contribution < -0.4 is 5.32 Å². The van der Waals surface area contributed by atoms with E-state index in [1.807, 2.05) is 0 Å². The Bertz CT molecular complexity index is 582. The predicted octanol–water partition coefficient (Wildman–Crippen LogP) is 2.92. The van der Waals surface area contributed by atoms with Gasteiger partial charge in [-0.2, -0.15) is 4.39 Å². The summed E-state index contributed by atoms with van der Waals surface area (Å²) in [6.45, 7) is 1.60. The minimum atomic E-state index is -0.673. The summed E-state index contributed by atoms with van der Waals surface area (Å²) in [5.74, 6) is -1.69. The van der Waals surface area contributed by atoms with Gasteiger partial charge in [-0.05, 0) is 30.7 Å². The van der Waals surface area contributed by atoms with E-state index in [1.54, 1.807) is 19.1 Å². The normalized spacial score (nSPS) is 10.2. The number of halogens is 2. The van der Waals surface area contributed by atoms with Crippen LogP contribution in [0.5, 0.6) is 0 Å². The van der Waals surface area contributed by atoms with E-state index in [0.717, 1.165) is 12.3 Å². The van der Waals surface area contributed by atoms with E-state index < -0.39 is 17.7 Å². The van der Waals surface area contributed by atoms with E-state index in [2.05, 4.69) is 10.3 Å². The number of hydrogen-bond donors (Lipinski definition) is 1. The van der Waals surface area contributed by atoms with Crippen molar-refractivity contribution in [3.8, 4) is 0 Å². The highest BCUT2D eigenvalue weighted by Gasteiger charge is 2.10. The smallest absolute Gasteiger partial charge is 0.257 e. The Balaban J connectivity index is 2.21. The molecule has 0 atom stereocenters. The van der Waals surface area contributed by atoms with Crippen LogP contribution in [0.15, 0.2) is 36.5 Å². The Labute approximate surface area is 102 Å². The monoisotopic (exact) mass is 248 g/mol. The third-order valence-electron chi connectivity index (χ3n) is 2.43. The summed E-state index contributed by atoms with van der Waals surface area (Å²) in [6.07, 6.45) is 1.10. The van der Waals surface area contributed by atoms with Crippen LogP contribution in [-0.4, -0.2) is 10.9 Å². The molecule has 0 aliphatic carbocycles. The van der Waals surface area contributed by atoms with Crippen LogP contribution in [-0.2, 0) is 0 Å². The average molecular weight is 248 g/mol. The molecule has 1 aromatic heterocycles. The summed E-state index contributed by atoms with van der Waals surface area (Å²) in [7, 11) is 0. The zero-order valence-electron chi connectivity index (χ0n) is 9.58. The molecule has 1 amide bonds. The Morgan fingerprint density at radius 3 is 2.67 bits per heavy atom. The molecule has 0 saturated carbocycles. The van der Waals surface area contributed by atoms with Crippen molar-refractivity contribution in [3.63, 3.8) is 0 Å². The van der Waals surface area contributed by atoms with Gasteiger partial charge in [-0.3, -0.25) is 4.79 Å². The van der Waals surface area contributed by atoms with Crippen molar-refractivity contribution in [2.75, 3.05) is 5.32 Å². The van der Waals surface area contributed by atoms with Gasteiger partial charge in [0.15, 0.2) is 0 Å². The molecule has 2 aromatic rings. The lowest BCUT2D eigenvalue weighted by Gasteiger charge is -2.07. The van der Waals surface area contributed by atoms with Crippen LogP contribution >= 0.6 is 0 Å². The van der Waals surface area contributed by atoms with Gasteiger partial charge in [0.25, 0.3) is 5.91 Å². The molecular formula is C13H10F2N2O. The molecular weight excluding hydrogens is 238 g/mol. The van der Waals surface area contributed by atoms with Gasteiger partial charge in [-0.1, -0.05) is 12.1 Å². The third-order valence-corrected chi connectivity index (χ3v) is 2.43. The minimum absolute atomic E-state index is 0.0873. The number of nitrogens with one attached hydrogen (secondary N) is 1. The summed E-state index contributed by atoms with van der Waals surface area (Å²) in [5.41, 5.74) is 0.687. The molecule has 1 heterocycles. The Kier molecular flexibility index (Phi) is 3.32. The number of rotatable bonds is 2. The van der Waals surface area contributed by atoms with E-state index in [1.165, 1.54) is 12.1 Å². The molecule has 3 nitrogen and oxygen atoms in total. The summed E-state index contributed by atoms with van der Waals surface area (Å²) >= 11 is 0. The van der Waals surface area contributed by atoms with Crippen LogP contribution in [0.2, 0.25) is 0 Å². The van der Waals surface area contributed by atoms with Crippen LogP contribution in [0.25, 0.3) is 0 Å². The number of nitrogens with zero attached hydrogens (tertiary/aromatic N) is 1. The zero-order valence-corrected chi connectivity index (χ0v) is 9.58. The minimum Gasteiger partial charge on any atom is -0.319 e. The van der Waals surface area contributed by atoms with Gasteiger partial charge < -0.3 is 5.32 Å². The molecule has 92 valence electrons. The largest absolute Gasteiger partial charge is 0.319 e. The van der Waals surface area contributed by atoms with Gasteiger partial charge >= 0.3 is 0 Å². The summed E-state index contributed by atoms with van der Waals surface area (Å²) in [5, 5.41) is 2.41. The summed E-state index contributed by atoms with van der Waals surface area (Å²) in [4.78, 5) is 15.1. The zero-order chi connectivity index (χ0) is 13.1. The second-order valence-corrected chi connectivity index (χ2v) is 3.76. The van der Waals surface area contributed by atoms with Crippen molar-refractivity contribution in [3.05, 3.63) is 59.4 Å². The fraction of sp³-hybridized carbons (Fsp3) is 0.0769. The van der Waals surface area contributed by atoms with Crippen LogP contribution in [0, 0.1) is 18.7 Å². The molecule has 0 aliphatic heterocycles. The van der Waals surface area contributed by atoms with Gasteiger partial charge in [0.05, 0.1) is 11.3 Å². The highest BCUT2D eigenvalue weighted by atomic mass is 19.1. The second kappa shape index (κ2) is 4.91. The summed E-state index contributed by atoms with van der Waals surface area (Å²) < 4.78 is 26.2. The van der Waals surface area contributed by atoms with Gasteiger partial charge in [-0.25, -0.2) is 9.37 Å².